The second kappa shape index (κ2) is 6.77. The second-order valence-electron chi connectivity index (χ2n) is 4.59. The van der Waals surface area contributed by atoms with E-state index in [1.54, 1.807) is 6.20 Å². The zero-order valence-electron chi connectivity index (χ0n) is 11.4. The lowest BCUT2D eigenvalue weighted by Gasteiger charge is -2.12. The zero-order chi connectivity index (χ0) is 15.7. The van der Waals surface area contributed by atoms with Gasteiger partial charge in [-0.05, 0) is 12.1 Å². The number of hydrogen-bond donors (Lipinski definition) is 2. The minimum Gasteiger partial charge on any atom is -0.404 e. The predicted octanol–water partition coefficient (Wildman–Crippen LogP) is 3.80. The molecule has 0 saturated carbocycles. The standard InChI is InChI=1S/C13H10ClF3N4O.ClH/c14-9-2-1-8(3-11(9)22-13(15,16)17)20-12-19-5-7-4-18-6-10(7)21-12;/h1-3,5,18H,4,6H2,(H,19,20,21);1H. The first kappa shape index (κ1) is 17.6. The lowest BCUT2D eigenvalue weighted by atomic mass is 10.3. The Balaban J connectivity index is 0.00000192. The van der Waals surface area contributed by atoms with Gasteiger partial charge in [0.15, 0.2) is 0 Å². The van der Waals surface area contributed by atoms with Crippen LogP contribution in [0.1, 0.15) is 11.3 Å². The molecule has 2 aromatic rings. The Hall–Kier alpha value is -1.77. The van der Waals surface area contributed by atoms with Gasteiger partial charge < -0.3 is 15.4 Å². The maximum atomic E-state index is 12.3. The van der Waals surface area contributed by atoms with E-state index in [9.17, 15) is 13.2 Å². The second-order valence-corrected chi connectivity index (χ2v) is 4.99. The molecule has 124 valence electrons. The van der Waals surface area contributed by atoms with Gasteiger partial charge in [0.25, 0.3) is 0 Å². The van der Waals surface area contributed by atoms with Gasteiger partial charge >= 0.3 is 6.36 Å². The molecule has 1 aromatic heterocycles. The van der Waals surface area contributed by atoms with Crippen molar-refractivity contribution in [3.05, 3.63) is 40.7 Å². The summed E-state index contributed by atoms with van der Waals surface area (Å²) >= 11 is 5.69. The third-order valence-corrected chi connectivity index (χ3v) is 3.29. The highest BCUT2D eigenvalue weighted by Gasteiger charge is 2.32. The fourth-order valence-electron chi connectivity index (χ4n) is 2.03. The first-order valence-corrected chi connectivity index (χ1v) is 6.66. The molecule has 0 aliphatic carbocycles. The van der Waals surface area contributed by atoms with Crippen LogP contribution in [0.3, 0.4) is 0 Å². The normalized spacial score (nSPS) is 13.2. The molecule has 1 aliphatic heterocycles. The summed E-state index contributed by atoms with van der Waals surface area (Å²) < 4.78 is 40.8. The Morgan fingerprint density at radius 3 is 2.78 bits per heavy atom. The van der Waals surface area contributed by atoms with Crippen LogP contribution in [-0.4, -0.2) is 16.3 Å². The third kappa shape index (κ3) is 4.37. The Bertz CT molecular complexity index is 712. The van der Waals surface area contributed by atoms with Gasteiger partial charge in [-0.3, -0.25) is 0 Å². The molecule has 2 heterocycles. The number of anilines is 2. The molecule has 2 N–H and O–H groups in total. The average molecular weight is 367 g/mol. The van der Waals surface area contributed by atoms with E-state index in [0.29, 0.717) is 24.7 Å². The van der Waals surface area contributed by atoms with E-state index >= 15 is 0 Å². The van der Waals surface area contributed by atoms with Crippen molar-refractivity contribution in [3.63, 3.8) is 0 Å². The van der Waals surface area contributed by atoms with Crippen LogP contribution in [0.5, 0.6) is 5.75 Å². The number of alkyl halides is 3. The molecule has 0 spiro atoms. The molecular formula is C13H11Cl2F3N4O. The third-order valence-electron chi connectivity index (χ3n) is 2.98. The molecule has 0 unspecified atom stereocenters. The average Bonchev–Trinajstić information content (AvgIpc) is 2.88. The molecule has 23 heavy (non-hydrogen) atoms. The molecule has 1 aromatic carbocycles. The van der Waals surface area contributed by atoms with E-state index in [-0.39, 0.29) is 17.4 Å². The van der Waals surface area contributed by atoms with Gasteiger partial charge in [0, 0.05) is 36.6 Å². The molecule has 1 aliphatic rings. The SMILES string of the molecule is Cl.FC(F)(F)Oc1cc(Nc2ncc3c(n2)CNC3)ccc1Cl. The van der Waals surface area contributed by atoms with Gasteiger partial charge in [0.1, 0.15) is 5.75 Å². The van der Waals surface area contributed by atoms with Gasteiger partial charge in [0.05, 0.1) is 10.7 Å². The van der Waals surface area contributed by atoms with Gasteiger partial charge in [-0.15, -0.1) is 25.6 Å². The topological polar surface area (TPSA) is 59.1 Å². The van der Waals surface area contributed by atoms with E-state index in [0.717, 1.165) is 17.3 Å². The maximum Gasteiger partial charge on any atom is 0.573 e. The highest BCUT2D eigenvalue weighted by atomic mass is 35.5. The molecular weight excluding hydrogens is 356 g/mol. The first-order valence-electron chi connectivity index (χ1n) is 6.28. The number of ether oxygens (including phenoxy) is 1. The Kier molecular flexibility index (Phi) is 5.18. The molecule has 5 nitrogen and oxygen atoms in total. The van der Waals surface area contributed by atoms with E-state index in [2.05, 4.69) is 25.3 Å². The van der Waals surface area contributed by atoms with Crippen molar-refractivity contribution in [2.24, 2.45) is 0 Å². The number of aromatic nitrogens is 2. The summed E-state index contributed by atoms with van der Waals surface area (Å²) in [5.41, 5.74) is 2.20. The molecule has 10 heteroatoms. The number of hydrogen-bond acceptors (Lipinski definition) is 5. The van der Waals surface area contributed by atoms with Crippen LogP contribution in [0.15, 0.2) is 24.4 Å². The van der Waals surface area contributed by atoms with E-state index < -0.39 is 12.1 Å². The number of nitrogens with zero attached hydrogens (tertiary/aromatic N) is 2. The minimum absolute atomic E-state index is 0. The Morgan fingerprint density at radius 1 is 1.26 bits per heavy atom. The van der Waals surface area contributed by atoms with Gasteiger partial charge in [-0.25, -0.2) is 9.97 Å². The summed E-state index contributed by atoms with van der Waals surface area (Å²) in [4.78, 5) is 8.41. The summed E-state index contributed by atoms with van der Waals surface area (Å²) in [7, 11) is 0. The smallest absolute Gasteiger partial charge is 0.404 e. The number of fused-ring (bicyclic) bond motifs is 1. The molecule has 0 atom stereocenters. The summed E-state index contributed by atoms with van der Waals surface area (Å²) in [5.74, 6) is -0.190. The minimum atomic E-state index is -4.81. The van der Waals surface area contributed by atoms with E-state index in [1.807, 2.05) is 0 Å². The summed E-state index contributed by atoms with van der Waals surface area (Å²) in [5, 5.41) is 5.82. The number of rotatable bonds is 3. The molecule has 0 bridgehead atoms. The van der Waals surface area contributed by atoms with Crippen LogP contribution in [-0.2, 0) is 13.1 Å². The van der Waals surface area contributed by atoms with Crippen LogP contribution in [0.4, 0.5) is 24.8 Å². The summed E-state index contributed by atoms with van der Waals surface area (Å²) in [6.07, 6.45) is -3.13. The molecule has 0 saturated heterocycles. The molecule has 0 radical (unpaired) electrons. The van der Waals surface area contributed by atoms with Crippen molar-refractivity contribution in [1.82, 2.24) is 15.3 Å². The Labute approximate surface area is 140 Å². The Morgan fingerprint density at radius 2 is 2.04 bits per heavy atom. The summed E-state index contributed by atoms with van der Waals surface area (Å²) in [6, 6.07) is 3.96. The van der Waals surface area contributed by atoms with Crippen LogP contribution in [0.2, 0.25) is 5.02 Å². The zero-order valence-corrected chi connectivity index (χ0v) is 13.0. The van der Waals surface area contributed by atoms with Crippen molar-refractivity contribution in [3.8, 4) is 5.75 Å². The maximum absolute atomic E-state index is 12.3. The number of halogens is 5. The molecule has 0 fully saturated rings. The number of nitrogens with one attached hydrogen (secondary N) is 2. The fraction of sp³-hybridized carbons (Fsp3) is 0.231. The van der Waals surface area contributed by atoms with Crippen LogP contribution in [0.25, 0.3) is 0 Å². The van der Waals surface area contributed by atoms with Crippen molar-refractivity contribution in [1.29, 1.82) is 0 Å². The van der Waals surface area contributed by atoms with Crippen LogP contribution >= 0.6 is 24.0 Å². The largest absolute Gasteiger partial charge is 0.573 e. The first-order chi connectivity index (χ1) is 10.4. The monoisotopic (exact) mass is 366 g/mol. The number of benzene rings is 1. The van der Waals surface area contributed by atoms with Crippen molar-refractivity contribution in [2.75, 3.05) is 5.32 Å². The predicted molar refractivity (Wildman–Crippen MR) is 81.2 cm³/mol. The lowest BCUT2D eigenvalue weighted by molar-refractivity contribution is -0.274. The van der Waals surface area contributed by atoms with Crippen LogP contribution in [0, 0.1) is 0 Å². The van der Waals surface area contributed by atoms with Crippen LogP contribution < -0.4 is 15.4 Å². The van der Waals surface area contributed by atoms with Crippen molar-refractivity contribution in [2.45, 2.75) is 19.5 Å². The van der Waals surface area contributed by atoms with Gasteiger partial charge in [-0.2, -0.15) is 0 Å². The summed E-state index contributed by atoms with van der Waals surface area (Å²) in [6.45, 7) is 1.34. The van der Waals surface area contributed by atoms with Gasteiger partial charge in [-0.1, -0.05) is 11.6 Å². The van der Waals surface area contributed by atoms with Gasteiger partial charge in [0.2, 0.25) is 5.95 Å². The quantitative estimate of drug-likeness (QED) is 0.865. The van der Waals surface area contributed by atoms with Crippen molar-refractivity contribution < 1.29 is 17.9 Å². The van der Waals surface area contributed by atoms with E-state index in [4.69, 9.17) is 11.6 Å². The van der Waals surface area contributed by atoms with Crippen molar-refractivity contribution >= 4 is 35.6 Å². The molecule has 3 rings (SSSR count). The molecule has 0 amide bonds. The fourth-order valence-corrected chi connectivity index (χ4v) is 2.19. The lowest BCUT2D eigenvalue weighted by Crippen LogP contribution is -2.17. The highest BCUT2D eigenvalue weighted by molar-refractivity contribution is 6.32. The highest BCUT2D eigenvalue weighted by Crippen LogP contribution is 2.33. The van der Waals surface area contributed by atoms with E-state index in [1.165, 1.54) is 12.1 Å².